The van der Waals surface area contributed by atoms with Gasteiger partial charge < -0.3 is 4.90 Å². The van der Waals surface area contributed by atoms with Crippen LogP contribution in [0.3, 0.4) is 0 Å². The number of nitrogens with zero attached hydrogens (tertiary/aromatic N) is 3. The van der Waals surface area contributed by atoms with Crippen molar-refractivity contribution in [2.45, 2.75) is 50.6 Å². The van der Waals surface area contributed by atoms with E-state index in [-0.39, 0.29) is 24.9 Å². The van der Waals surface area contributed by atoms with Gasteiger partial charge in [0.05, 0.1) is 0 Å². The van der Waals surface area contributed by atoms with E-state index in [1.165, 1.54) is 11.5 Å². The lowest BCUT2D eigenvalue weighted by Crippen LogP contribution is -2.47. The third kappa shape index (κ3) is 1.59. The molecule has 1 aromatic heterocycles. The molecule has 0 N–H and O–H groups in total. The molecule has 2 aliphatic rings. The lowest BCUT2D eigenvalue weighted by Gasteiger charge is -2.38. The number of hydrogen-bond donors (Lipinski definition) is 0. The largest absolute Gasteiger partial charge is 0.340 e. The van der Waals surface area contributed by atoms with Gasteiger partial charge in [-0.2, -0.15) is 4.37 Å². The fraction of sp³-hybridized carbons (Fsp3) is 0.800. The maximum Gasteiger partial charge on any atom is 0.252 e. The van der Waals surface area contributed by atoms with E-state index >= 15 is 0 Å². The zero-order valence-corrected chi connectivity index (χ0v) is 9.81. The predicted molar refractivity (Wildman–Crippen MR) is 58.1 cm³/mol. The van der Waals surface area contributed by atoms with Gasteiger partial charge in [0.1, 0.15) is 5.82 Å². The molecule has 88 valence electrons. The maximum absolute atomic E-state index is 13.4. The van der Waals surface area contributed by atoms with E-state index in [1.807, 2.05) is 6.92 Å². The summed E-state index contributed by atoms with van der Waals surface area (Å²) in [6.07, 6.45) is 1.67. The van der Waals surface area contributed by atoms with Crippen LogP contribution in [0.2, 0.25) is 0 Å². The second-order valence-corrected chi connectivity index (χ2v) is 5.41. The average Bonchev–Trinajstić information content (AvgIpc) is 2.68. The van der Waals surface area contributed by atoms with Crippen LogP contribution in [0.25, 0.3) is 0 Å². The Morgan fingerprint density at radius 2 is 1.94 bits per heavy atom. The van der Waals surface area contributed by atoms with Gasteiger partial charge >= 0.3 is 0 Å². The monoisotopic (exact) mass is 245 g/mol. The molecule has 3 rings (SSSR count). The van der Waals surface area contributed by atoms with Crippen LogP contribution in [0.4, 0.5) is 13.9 Å². The van der Waals surface area contributed by atoms with Crippen molar-refractivity contribution < 1.29 is 8.78 Å². The summed E-state index contributed by atoms with van der Waals surface area (Å²) in [6, 6.07) is -0.0813. The van der Waals surface area contributed by atoms with Crippen molar-refractivity contribution in [2.24, 2.45) is 0 Å². The second-order valence-electron chi connectivity index (χ2n) is 4.68. The Balaban J connectivity index is 1.89. The van der Waals surface area contributed by atoms with E-state index < -0.39 is 5.92 Å². The Kier molecular flexibility index (Phi) is 2.18. The number of rotatable bonds is 1. The molecule has 0 radical (unpaired) electrons. The summed E-state index contributed by atoms with van der Waals surface area (Å²) in [5.74, 6) is -1.75. The molecule has 2 saturated heterocycles. The number of halogens is 2. The molecule has 3 nitrogen and oxygen atoms in total. The van der Waals surface area contributed by atoms with Crippen molar-refractivity contribution in [1.29, 1.82) is 0 Å². The number of fused-ring (bicyclic) bond motifs is 2. The Bertz CT molecular complexity index is 391. The summed E-state index contributed by atoms with van der Waals surface area (Å²) in [4.78, 5) is 6.38. The van der Waals surface area contributed by atoms with Crippen molar-refractivity contribution in [3.63, 3.8) is 0 Å². The highest BCUT2D eigenvalue weighted by Crippen LogP contribution is 2.45. The van der Waals surface area contributed by atoms with Gasteiger partial charge in [0.15, 0.2) is 0 Å². The van der Waals surface area contributed by atoms with Gasteiger partial charge in [0.2, 0.25) is 5.13 Å². The standard InChI is InChI=1S/C10H13F2N3S/c1-6-13-9(16-14-6)15-7-2-3-8(15)5-10(11,12)4-7/h7-8H,2-5H2,1H3. The Morgan fingerprint density at radius 1 is 1.31 bits per heavy atom. The van der Waals surface area contributed by atoms with E-state index in [0.717, 1.165) is 23.8 Å². The smallest absolute Gasteiger partial charge is 0.252 e. The SMILES string of the molecule is Cc1nsc(N2C3CCC2CC(F)(F)C3)n1. The molecule has 3 heterocycles. The summed E-state index contributed by atoms with van der Waals surface area (Å²) in [6.45, 7) is 1.83. The van der Waals surface area contributed by atoms with Gasteiger partial charge in [-0.15, -0.1) is 0 Å². The van der Waals surface area contributed by atoms with E-state index in [1.54, 1.807) is 0 Å². The second kappa shape index (κ2) is 3.35. The van der Waals surface area contributed by atoms with Gasteiger partial charge in [-0.1, -0.05) is 0 Å². The summed E-state index contributed by atoms with van der Waals surface area (Å²) in [5.41, 5.74) is 0. The van der Waals surface area contributed by atoms with Crippen molar-refractivity contribution in [3.05, 3.63) is 5.82 Å². The number of aromatic nitrogens is 2. The number of alkyl halides is 2. The minimum atomic E-state index is -2.48. The van der Waals surface area contributed by atoms with Crippen LogP contribution >= 0.6 is 11.5 Å². The first kappa shape index (κ1) is 10.4. The summed E-state index contributed by atoms with van der Waals surface area (Å²) in [7, 11) is 0. The highest BCUT2D eigenvalue weighted by Gasteiger charge is 2.50. The molecular formula is C10H13F2N3S. The highest BCUT2D eigenvalue weighted by atomic mass is 32.1. The molecule has 6 heteroatoms. The molecule has 2 aliphatic heterocycles. The van der Waals surface area contributed by atoms with Crippen LogP contribution < -0.4 is 4.90 Å². The number of anilines is 1. The Labute approximate surface area is 96.7 Å². The zero-order valence-electron chi connectivity index (χ0n) is 8.99. The number of hydrogen-bond acceptors (Lipinski definition) is 4. The Morgan fingerprint density at radius 3 is 2.44 bits per heavy atom. The van der Waals surface area contributed by atoms with E-state index in [0.29, 0.717) is 0 Å². The molecule has 0 aromatic carbocycles. The first-order valence-corrected chi connectivity index (χ1v) is 6.29. The molecule has 2 bridgehead atoms. The fourth-order valence-corrected chi connectivity index (χ4v) is 3.66. The van der Waals surface area contributed by atoms with Gasteiger partial charge in [-0.05, 0) is 19.8 Å². The third-order valence-corrected chi connectivity index (χ3v) is 4.25. The molecule has 2 atom stereocenters. The van der Waals surface area contributed by atoms with Gasteiger partial charge in [0.25, 0.3) is 5.92 Å². The van der Waals surface area contributed by atoms with Gasteiger partial charge in [-0.25, -0.2) is 13.8 Å². The maximum atomic E-state index is 13.4. The fourth-order valence-electron chi connectivity index (χ4n) is 2.84. The molecule has 0 spiro atoms. The van der Waals surface area contributed by atoms with E-state index in [4.69, 9.17) is 0 Å². The summed E-state index contributed by atoms with van der Waals surface area (Å²) < 4.78 is 30.9. The van der Waals surface area contributed by atoms with Crippen LogP contribution in [-0.4, -0.2) is 27.4 Å². The van der Waals surface area contributed by atoms with Crippen LogP contribution in [0.5, 0.6) is 0 Å². The number of aryl methyl sites for hydroxylation is 1. The molecule has 2 fully saturated rings. The summed E-state index contributed by atoms with van der Waals surface area (Å²) in [5, 5.41) is 0.820. The quantitative estimate of drug-likeness (QED) is 0.761. The Hall–Kier alpha value is -0.780. The first-order valence-electron chi connectivity index (χ1n) is 5.52. The van der Waals surface area contributed by atoms with Crippen molar-refractivity contribution >= 4 is 16.7 Å². The highest BCUT2D eigenvalue weighted by molar-refractivity contribution is 7.09. The zero-order chi connectivity index (χ0) is 11.3. The molecule has 0 saturated carbocycles. The normalized spacial score (nSPS) is 32.1. The number of piperidine rings is 1. The van der Waals surface area contributed by atoms with Gasteiger partial charge in [-0.3, -0.25) is 0 Å². The molecular weight excluding hydrogens is 232 g/mol. The molecule has 0 amide bonds. The van der Waals surface area contributed by atoms with Crippen LogP contribution in [0.1, 0.15) is 31.5 Å². The predicted octanol–water partition coefficient (Wildman–Crippen LogP) is 2.61. The third-order valence-electron chi connectivity index (χ3n) is 3.43. The van der Waals surface area contributed by atoms with Gasteiger partial charge in [0, 0.05) is 36.5 Å². The van der Waals surface area contributed by atoms with E-state index in [2.05, 4.69) is 14.3 Å². The van der Waals surface area contributed by atoms with E-state index in [9.17, 15) is 8.78 Å². The minimum absolute atomic E-state index is 0.0257. The first-order chi connectivity index (χ1) is 7.55. The average molecular weight is 245 g/mol. The van der Waals surface area contributed by atoms with Crippen LogP contribution in [0, 0.1) is 6.92 Å². The van der Waals surface area contributed by atoms with Crippen molar-refractivity contribution in [2.75, 3.05) is 4.90 Å². The van der Waals surface area contributed by atoms with Crippen LogP contribution in [-0.2, 0) is 0 Å². The topological polar surface area (TPSA) is 29.0 Å². The van der Waals surface area contributed by atoms with Crippen molar-refractivity contribution in [1.82, 2.24) is 9.36 Å². The van der Waals surface area contributed by atoms with Crippen LogP contribution in [0.15, 0.2) is 0 Å². The minimum Gasteiger partial charge on any atom is -0.340 e. The summed E-state index contributed by atoms with van der Waals surface area (Å²) >= 11 is 1.32. The molecule has 1 aromatic rings. The molecule has 0 aliphatic carbocycles. The lowest BCUT2D eigenvalue weighted by molar-refractivity contribution is -0.0357. The molecule has 16 heavy (non-hydrogen) atoms. The molecule has 2 unspecified atom stereocenters. The van der Waals surface area contributed by atoms with Crippen molar-refractivity contribution in [3.8, 4) is 0 Å². The lowest BCUT2D eigenvalue weighted by atomic mass is 9.99.